The molecule has 1 aliphatic rings. The molecular formula is C10H16N4O. The highest BCUT2D eigenvalue weighted by Gasteiger charge is 2.22. The Morgan fingerprint density at radius 2 is 2.53 bits per heavy atom. The number of rotatable bonds is 3. The molecule has 0 saturated carbocycles. The van der Waals surface area contributed by atoms with Crippen LogP contribution in [0.15, 0.2) is 18.7 Å². The van der Waals surface area contributed by atoms with Gasteiger partial charge in [-0.3, -0.25) is 0 Å². The molecule has 0 bridgehead atoms. The summed E-state index contributed by atoms with van der Waals surface area (Å²) in [6.07, 6.45) is 6.47. The Morgan fingerprint density at radius 3 is 3.20 bits per heavy atom. The number of carbonyl (C=O) groups excluding carboxylic acids is 1. The zero-order valence-corrected chi connectivity index (χ0v) is 8.89. The van der Waals surface area contributed by atoms with Crippen molar-refractivity contribution in [1.82, 2.24) is 19.8 Å². The van der Waals surface area contributed by atoms with E-state index in [2.05, 4.69) is 17.2 Å². The third-order valence-electron chi connectivity index (χ3n) is 2.68. The summed E-state index contributed by atoms with van der Waals surface area (Å²) < 4.78 is 1.99. The number of nitrogens with zero attached hydrogens (tertiary/aromatic N) is 3. The Hall–Kier alpha value is -1.52. The van der Waals surface area contributed by atoms with Crippen LogP contribution in [0.4, 0.5) is 4.79 Å². The lowest BCUT2D eigenvalue weighted by molar-refractivity contribution is 0.159. The Labute approximate surface area is 89.1 Å². The maximum Gasteiger partial charge on any atom is 0.317 e. The quantitative estimate of drug-likeness (QED) is 0.794. The minimum atomic E-state index is 0.0499. The lowest BCUT2D eigenvalue weighted by atomic mass is 10.2. The highest BCUT2D eigenvalue weighted by Crippen LogP contribution is 2.07. The fraction of sp³-hybridized carbons (Fsp3) is 0.600. The first kappa shape index (κ1) is 10.0. The van der Waals surface area contributed by atoms with E-state index in [0.29, 0.717) is 0 Å². The molecule has 1 saturated heterocycles. The topological polar surface area (TPSA) is 50.2 Å². The number of carbonyl (C=O) groups is 1. The molecule has 0 radical (unpaired) electrons. The summed E-state index contributed by atoms with van der Waals surface area (Å²) in [6, 6.07) is 0.258. The molecule has 1 fully saturated rings. The van der Waals surface area contributed by atoms with Gasteiger partial charge in [0.2, 0.25) is 0 Å². The summed E-state index contributed by atoms with van der Waals surface area (Å²) in [5, 5.41) is 2.85. The highest BCUT2D eigenvalue weighted by molar-refractivity contribution is 5.75. The molecule has 1 aromatic heterocycles. The van der Waals surface area contributed by atoms with Crippen LogP contribution in [0.25, 0.3) is 0 Å². The van der Waals surface area contributed by atoms with Crippen LogP contribution in [0.2, 0.25) is 0 Å². The van der Waals surface area contributed by atoms with Gasteiger partial charge in [-0.1, -0.05) is 0 Å². The number of amides is 2. The predicted molar refractivity (Wildman–Crippen MR) is 56.4 cm³/mol. The zero-order chi connectivity index (χ0) is 10.7. The molecule has 1 N–H and O–H groups in total. The molecular weight excluding hydrogens is 192 g/mol. The summed E-state index contributed by atoms with van der Waals surface area (Å²) in [5.41, 5.74) is 0. The fourth-order valence-electron chi connectivity index (χ4n) is 1.87. The molecule has 1 unspecified atom stereocenters. The summed E-state index contributed by atoms with van der Waals surface area (Å²) >= 11 is 0. The van der Waals surface area contributed by atoms with Crippen LogP contribution in [0.3, 0.4) is 0 Å². The van der Waals surface area contributed by atoms with Crippen LogP contribution < -0.4 is 5.32 Å². The Bertz CT molecular complexity index is 322. The first-order valence-corrected chi connectivity index (χ1v) is 5.27. The van der Waals surface area contributed by atoms with Gasteiger partial charge in [-0.15, -0.1) is 0 Å². The third-order valence-corrected chi connectivity index (χ3v) is 2.68. The summed E-state index contributed by atoms with van der Waals surface area (Å²) in [6.45, 7) is 4.51. The fourth-order valence-corrected chi connectivity index (χ4v) is 1.87. The first-order chi connectivity index (χ1) is 7.27. The van der Waals surface area contributed by atoms with Crippen molar-refractivity contribution < 1.29 is 4.79 Å². The van der Waals surface area contributed by atoms with Gasteiger partial charge in [0.15, 0.2) is 0 Å². The smallest absolute Gasteiger partial charge is 0.317 e. The lowest BCUT2D eigenvalue weighted by Crippen LogP contribution is -2.51. The normalized spacial score (nSPS) is 18.7. The van der Waals surface area contributed by atoms with Gasteiger partial charge in [-0.05, 0) is 13.3 Å². The Balaban J connectivity index is 1.94. The molecule has 2 heterocycles. The van der Waals surface area contributed by atoms with Crippen molar-refractivity contribution in [3.05, 3.63) is 18.7 Å². The van der Waals surface area contributed by atoms with E-state index < -0.39 is 0 Å². The lowest BCUT2D eigenvalue weighted by Gasteiger charge is -2.32. The number of nitrogens with one attached hydrogen (secondary N) is 1. The largest absolute Gasteiger partial charge is 0.338 e. The number of hydrogen-bond acceptors (Lipinski definition) is 2. The van der Waals surface area contributed by atoms with Gasteiger partial charge in [0.25, 0.3) is 0 Å². The van der Waals surface area contributed by atoms with Crippen molar-refractivity contribution in [1.29, 1.82) is 0 Å². The molecule has 1 aromatic rings. The molecule has 0 aliphatic carbocycles. The molecule has 1 aliphatic heterocycles. The molecule has 82 valence electrons. The molecule has 1 atom stereocenters. The van der Waals surface area contributed by atoms with Crippen molar-refractivity contribution in [2.24, 2.45) is 0 Å². The minimum Gasteiger partial charge on any atom is -0.338 e. The number of urea groups is 1. The average molecular weight is 208 g/mol. The first-order valence-electron chi connectivity index (χ1n) is 5.27. The van der Waals surface area contributed by atoms with E-state index in [1.807, 2.05) is 15.7 Å². The monoisotopic (exact) mass is 208 g/mol. The van der Waals surface area contributed by atoms with Gasteiger partial charge >= 0.3 is 6.03 Å². The van der Waals surface area contributed by atoms with E-state index in [1.54, 1.807) is 12.5 Å². The Morgan fingerprint density at radius 1 is 1.67 bits per heavy atom. The second-order valence-electron chi connectivity index (χ2n) is 3.89. The van der Waals surface area contributed by atoms with E-state index in [-0.39, 0.29) is 12.1 Å². The second kappa shape index (κ2) is 4.33. The van der Waals surface area contributed by atoms with Crippen LogP contribution in [0.5, 0.6) is 0 Å². The molecule has 15 heavy (non-hydrogen) atoms. The molecule has 5 nitrogen and oxygen atoms in total. The predicted octanol–water partition coefficient (Wildman–Crippen LogP) is 0.687. The highest BCUT2D eigenvalue weighted by atomic mass is 16.2. The van der Waals surface area contributed by atoms with E-state index in [4.69, 9.17) is 0 Å². The van der Waals surface area contributed by atoms with Crippen molar-refractivity contribution in [2.75, 3.05) is 13.1 Å². The van der Waals surface area contributed by atoms with E-state index in [1.165, 1.54) is 0 Å². The maximum atomic E-state index is 11.6. The maximum absolute atomic E-state index is 11.6. The standard InChI is InChI=1S/C10H16N4O/c1-9(7-13-6-4-11-8-13)14-5-2-3-12-10(14)15/h4,6,8-9H,2-3,5,7H2,1H3,(H,12,15). The van der Waals surface area contributed by atoms with Gasteiger partial charge in [0, 0.05) is 38.1 Å². The van der Waals surface area contributed by atoms with E-state index in [9.17, 15) is 4.79 Å². The van der Waals surface area contributed by atoms with Gasteiger partial charge in [-0.25, -0.2) is 9.78 Å². The average Bonchev–Trinajstić information content (AvgIpc) is 2.71. The van der Waals surface area contributed by atoms with E-state index in [0.717, 1.165) is 26.1 Å². The molecule has 2 amide bonds. The number of imidazole rings is 1. The van der Waals surface area contributed by atoms with Crippen molar-refractivity contribution in [2.45, 2.75) is 25.9 Å². The van der Waals surface area contributed by atoms with Gasteiger partial charge in [-0.2, -0.15) is 0 Å². The molecule has 0 aromatic carbocycles. The van der Waals surface area contributed by atoms with Crippen LogP contribution in [0, 0.1) is 0 Å². The Kier molecular flexibility index (Phi) is 2.89. The number of hydrogen-bond donors (Lipinski definition) is 1. The molecule has 2 rings (SSSR count). The van der Waals surface area contributed by atoms with Crippen molar-refractivity contribution in [3.63, 3.8) is 0 Å². The van der Waals surface area contributed by atoms with Crippen LogP contribution >= 0.6 is 0 Å². The van der Waals surface area contributed by atoms with Gasteiger partial charge < -0.3 is 14.8 Å². The van der Waals surface area contributed by atoms with Crippen LogP contribution in [-0.4, -0.2) is 39.6 Å². The number of aromatic nitrogens is 2. The van der Waals surface area contributed by atoms with Crippen molar-refractivity contribution in [3.8, 4) is 0 Å². The summed E-state index contributed by atoms with van der Waals surface area (Å²) in [7, 11) is 0. The second-order valence-corrected chi connectivity index (χ2v) is 3.89. The van der Waals surface area contributed by atoms with Gasteiger partial charge in [0.05, 0.1) is 6.33 Å². The van der Waals surface area contributed by atoms with Crippen molar-refractivity contribution >= 4 is 6.03 Å². The minimum absolute atomic E-state index is 0.0499. The molecule has 5 heteroatoms. The molecule has 0 spiro atoms. The third kappa shape index (κ3) is 2.29. The van der Waals surface area contributed by atoms with E-state index >= 15 is 0 Å². The summed E-state index contributed by atoms with van der Waals surface area (Å²) in [4.78, 5) is 17.4. The SMILES string of the molecule is CC(Cn1ccnc1)N1CCCNC1=O. The zero-order valence-electron chi connectivity index (χ0n) is 8.89. The van der Waals surface area contributed by atoms with Crippen LogP contribution in [-0.2, 0) is 6.54 Å². The van der Waals surface area contributed by atoms with Gasteiger partial charge in [0.1, 0.15) is 0 Å². The van der Waals surface area contributed by atoms with Crippen LogP contribution in [0.1, 0.15) is 13.3 Å². The summed E-state index contributed by atoms with van der Waals surface area (Å²) in [5.74, 6) is 0.